The highest BCUT2D eigenvalue weighted by molar-refractivity contribution is 7.23. The van der Waals surface area contributed by atoms with E-state index in [9.17, 15) is 4.79 Å². The number of hydrogen-bond donors (Lipinski definition) is 0. The van der Waals surface area contributed by atoms with Gasteiger partial charge in [0.25, 0.3) is 5.91 Å². The van der Waals surface area contributed by atoms with Crippen molar-refractivity contribution in [1.29, 1.82) is 0 Å². The number of carbonyl (C=O) groups excluding carboxylic acids is 1. The Balaban J connectivity index is 1.63. The topological polar surface area (TPSA) is 77.4 Å². The molecule has 0 aliphatic carbocycles. The molecule has 0 saturated carbocycles. The molecular formula is C23H18N4O3S2. The molecule has 0 atom stereocenters. The maximum Gasteiger partial charge on any atom is 0.289 e. The molecule has 0 unspecified atom stereocenters. The number of methoxy groups -OCH3 is 2. The quantitative estimate of drug-likeness (QED) is 0.347. The first-order valence-electron chi connectivity index (χ1n) is 9.77. The number of pyridine rings is 1. The van der Waals surface area contributed by atoms with Gasteiger partial charge in [0.1, 0.15) is 21.7 Å². The van der Waals surface area contributed by atoms with Crippen LogP contribution in [0.2, 0.25) is 0 Å². The van der Waals surface area contributed by atoms with Crippen molar-refractivity contribution in [3.63, 3.8) is 0 Å². The summed E-state index contributed by atoms with van der Waals surface area (Å²) in [5.74, 6) is 1.07. The first-order valence-corrected chi connectivity index (χ1v) is 11.4. The minimum absolute atomic E-state index is 0.228. The van der Waals surface area contributed by atoms with E-state index in [0.29, 0.717) is 27.2 Å². The van der Waals surface area contributed by atoms with Crippen molar-refractivity contribution in [1.82, 2.24) is 15.0 Å². The van der Waals surface area contributed by atoms with Gasteiger partial charge in [0.2, 0.25) is 0 Å². The Kier molecular flexibility index (Phi) is 5.42. The van der Waals surface area contributed by atoms with Crippen LogP contribution in [0.5, 0.6) is 11.5 Å². The van der Waals surface area contributed by atoms with E-state index in [1.807, 2.05) is 54.6 Å². The number of hydrogen-bond acceptors (Lipinski definition) is 8. The van der Waals surface area contributed by atoms with Crippen LogP contribution < -0.4 is 14.4 Å². The number of fused-ring (bicyclic) bond motifs is 2. The van der Waals surface area contributed by atoms with Crippen LogP contribution in [-0.4, -0.2) is 35.1 Å². The molecule has 0 spiro atoms. The van der Waals surface area contributed by atoms with Crippen molar-refractivity contribution in [2.45, 2.75) is 6.54 Å². The van der Waals surface area contributed by atoms with E-state index in [0.717, 1.165) is 20.6 Å². The number of para-hydroxylation sites is 1. The standard InChI is InChI=1S/C23H18N4O3S2/c1-29-16-10-11-17(30-2)20-19(16)26-23(32-20)27(13-14-7-5-6-12-24-14)22(28)21-25-15-8-3-4-9-18(15)31-21/h3-12H,13H2,1-2H3. The molecule has 0 bridgehead atoms. The summed E-state index contributed by atoms with van der Waals surface area (Å²) in [5.41, 5.74) is 2.20. The molecule has 2 aromatic carbocycles. The summed E-state index contributed by atoms with van der Waals surface area (Å²) in [6.07, 6.45) is 1.71. The minimum Gasteiger partial charge on any atom is -0.495 e. The average molecular weight is 463 g/mol. The Bertz CT molecular complexity index is 1340. The summed E-state index contributed by atoms with van der Waals surface area (Å²) >= 11 is 2.74. The van der Waals surface area contributed by atoms with Gasteiger partial charge in [-0.05, 0) is 36.4 Å². The monoisotopic (exact) mass is 462 g/mol. The minimum atomic E-state index is -0.228. The van der Waals surface area contributed by atoms with Crippen molar-refractivity contribution >= 4 is 54.1 Å². The van der Waals surface area contributed by atoms with E-state index < -0.39 is 0 Å². The largest absolute Gasteiger partial charge is 0.495 e. The lowest BCUT2D eigenvalue weighted by molar-refractivity contribution is 0.0984. The van der Waals surface area contributed by atoms with Gasteiger partial charge in [-0.15, -0.1) is 11.3 Å². The van der Waals surface area contributed by atoms with Crippen LogP contribution in [0.4, 0.5) is 5.13 Å². The van der Waals surface area contributed by atoms with Crippen LogP contribution in [0.1, 0.15) is 15.5 Å². The van der Waals surface area contributed by atoms with E-state index in [1.54, 1.807) is 25.3 Å². The van der Waals surface area contributed by atoms with Crippen LogP contribution in [-0.2, 0) is 6.54 Å². The number of carbonyl (C=O) groups is 1. The lowest BCUT2D eigenvalue weighted by Crippen LogP contribution is -2.30. The second-order valence-electron chi connectivity index (χ2n) is 6.84. The Hall–Kier alpha value is -3.56. The third-order valence-electron chi connectivity index (χ3n) is 4.90. The fourth-order valence-corrected chi connectivity index (χ4v) is 5.34. The van der Waals surface area contributed by atoms with Crippen molar-refractivity contribution in [3.8, 4) is 11.5 Å². The van der Waals surface area contributed by atoms with Gasteiger partial charge in [-0.3, -0.25) is 14.7 Å². The summed E-state index contributed by atoms with van der Waals surface area (Å²) in [4.78, 5) is 29.0. The van der Waals surface area contributed by atoms with Gasteiger partial charge in [-0.2, -0.15) is 0 Å². The fourth-order valence-electron chi connectivity index (χ4n) is 3.35. The van der Waals surface area contributed by atoms with Crippen molar-refractivity contribution in [2.24, 2.45) is 0 Å². The number of rotatable bonds is 6. The predicted molar refractivity (Wildman–Crippen MR) is 127 cm³/mol. The fraction of sp³-hybridized carbons (Fsp3) is 0.130. The van der Waals surface area contributed by atoms with Gasteiger partial charge in [-0.25, -0.2) is 9.97 Å². The normalized spacial score (nSPS) is 11.1. The van der Waals surface area contributed by atoms with Crippen LogP contribution in [0.15, 0.2) is 60.8 Å². The van der Waals surface area contributed by atoms with Gasteiger partial charge in [0.05, 0.1) is 36.7 Å². The summed E-state index contributed by atoms with van der Waals surface area (Å²) < 4.78 is 12.8. The highest BCUT2D eigenvalue weighted by Gasteiger charge is 2.26. The number of benzene rings is 2. The Labute approximate surface area is 191 Å². The summed E-state index contributed by atoms with van der Waals surface area (Å²) in [6, 6.07) is 17.0. The van der Waals surface area contributed by atoms with E-state index in [-0.39, 0.29) is 12.5 Å². The zero-order valence-corrected chi connectivity index (χ0v) is 18.9. The summed E-state index contributed by atoms with van der Waals surface area (Å²) in [6.45, 7) is 0.264. The lowest BCUT2D eigenvalue weighted by atomic mass is 10.3. The van der Waals surface area contributed by atoms with Crippen LogP contribution in [0.3, 0.4) is 0 Å². The van der Waals surface area contributed by atoms with E-state index >= 15 is 0 Å². The number of ether oxygens (including phenoxy) is 2. The maximum absolute atomic E-state index is 13.7. The molecule has 0 aliphatic heterocycles. The van der Waals surface area contributed by atoms with E-state index in [1.165, 1.54) is 22.7 Å². The Morgan fingerprint density at radius 3 is 2.47 bits per heavy atom. The zero-order valence-electron chi connectivity index (χ0n) is 17.3. The highest BCUT2D eigenvalue weighted by atomic mass is 32.1. The van der Waals surface area contributed by atoms with E-state index in [4.69, 9.17) is 14.5 Å². The smallest absolute Gasteiger partial charge is 0.289 e. The molecule has 5 rings (SSSR count). The summed E-state index contributed by atoms with van der Waals surface area (Å²) in [5, 5.41) is 0.929. The number of thiazole rings is 2. The van der Waals surface area contributed by atoms with Gasteiger partial charge >= 0.3 is 0 Å². The Morgan fingerprint density at radius 2 is 1.72 bits per heavy atom. The van der Waals surface area contributed by atoms with Crippen LogP contribution in [0.25, 0.3) is 20.4 Å². The molecule has 160 valence electrons. The maximum atomic E-state index is 13.7. The van der Waals surface area contributed by atoms with Crippen molar-refractivity contribution < 1.29 is 14.3 Å². The average Bonchev–Trinajstić information content (AvgIpc) is 3.47. The number of amides is 1. The number of aromatic nitrogens is 3. The van der Waals surface area contributed by atoms with Crippen LogP contribution in [0, 0.1) is 0 Å². The van der Waals surface area contributed by atoms with Crippen molar-refractivity contribution in [3.05, 3.63) is 71.5 Å². The van der Waals surface area contributed by atoms with Gasteiger partial charge < -0.3 is 9.47 Å². The second-order valence-corrected chi connectivity index (χ2v) is 8.85. The third kappa shape index (κ3) is 3.65. The van der Waals surface area contributed by atoms with Gasteiger partial charge in [0, 0.05) is 6.20 Å². The third-order valence-corrected chi connectivity index (χ3v) is 7.02. The molecule has 3 aromatic heterocycles. The molecular weight excluding hydrogens is 444 g/mol. The number of anilines is 1. The molecule has 7 nitrogen and oxygen atoms in total. The number of nitrogens with zero attached hydrogens (tertiary/aromatic N) is 4. The summed E-state index contributed by atoms with van der Waals surface area (Å²) in [7, 11) is 3.21. The van der Waals surface area contributed by atoms with E-state index in [2.05, 4.69) is 9.97 Å². The molecule has 5 aromatic rings. The lowest BCUT2D eigenvalue weighted by Gasteiger charge is -2.18. The first-order chi connectivity index (χ1) is 15.7. The molecule has 32 heavy (non-hydrogen) atoms. The van der Waals surface area contributed by atoms with Crippen LogP contribution >= 0.6 is 22.7 Å². The Morgan fingerprint density at radius 1 is 0.938 bits per heavy atom. The SMILES string of the molecule is COc1ccc(OC)c2sc(N(Cc3ccccn3)C(=O)c3nc4ccccc4s3)nc12. The molecule has 9 heteroatoms. The zero-order chi connectivity index (χ0) is 22.1. The first kappa shape index (κ1) is 20.3. The van der Waals surface area contributed by atoms with Crippen molar-refractivity contribution in [2.75, 3.05) is 19.1 Å². The highest BCUT2D eigenvalue weighted by Crippen LogP contribution is 2.41. The molecule has 1 amide bonds. The molecule has 0 fully saturated rings. The molecule has 0 N–H and O–H groups in total. The van der Waals surface area contributed by atoms with Gasteiger partial charge in [-0.1, -0.05) is 29.5 Å². The molecule has 0 aliphatic rings. The second kappa shape index (κ2) is 8.52. The van der Waals surface area contributed by atoms with Gasteiger partial charge in [0.15, 0.2) is 10.1 Å². The molecule has 0 saturated heterocycles. The molecule has 0 radical (unpaired) electrons. The molecule has 3 heterocycles. The predicted octanol–water partition coefficient (Wildman–Crippen LogP) is 5.17.